The molecule has 3 heteroatoms. The van der Waals surface area contributed by atoms with Crippen LogP contribution in [0.1, 0.15) is 11.1 Å². The van der Waals surface area contributed by atoms with Crippen LogP contribution in [0.4, 0.5) is 0 Å². The summed E-state index contributed by atoms with van der Waals surface area (Å²) in [6, 6.07) is 32.7. The van der Waals surface area contributed by atoms with Crippen LogP contribution in [0, 0.1) is 0 Å². The zero-order chi connectivity index (χ0) is 21.8. The molecule has 3 nitrogen and oxygen atoms in total. The molecule has 0 aliphatic carbocycles. The third-order valence-electron chi connectivity index (χ3n) is 5.56. The van der Waals surface area contributed by atoms with Crippen molar-refractivity contribution in [2.24, 2.45) is 0 Å². The molecule has 0 saturated carbocycles. The van der Waals surface area contributed by atoms with Crippen molar-refractivity contribution >= 4 is 16.7 Å². The number of hydrogen-bond acceptors (Lipinski definition) is 3. The van der Waals surface area contributed by atoms with Crippen LogP contribution >= 0.6 is 0 Å². The van der Waals surface area contributed by atoms with Crippen molar-refractivity contribution in [1.29, 1.82) is 0 Å². The van der Waals surface area contributed by atoms with Crippen LogP contribution in [0.5, 0.6) is 0 Å². The third kappa shape index (κ3) is 4.33. The molecular formula is C29H22N2O. The highest BCUT2D eigenvalue weighted by Crippen LogP contribution is 2.33. The number of benzene rings is 3. The summed E-state index contributed by atoms with van der Waals surface area (Å²) >= 11 is 0. The first-order valence-corrected chi connectivity index (χ1v) is 10.7. The summed E-state index contributed by atoms with van der Waals surface area (Å²) in [7, 11) is 0. The predicted octanol–water partition coefficient (Wildman–Crippen LogP) is 6.32. The molecule has 0 spiro atoms. The van der Waals surface area contributed by atoms with Gasteiger partial charge in [0, 0.05) is 41.7 Å². The zero-order valence-corrected chi connectivity index (χ0v) is 17.6. The zero-order valence-electron chi connectivity index (χ0n) is 17.6. The van der Waals surface area contributed by atoms with Crippen molar-refractivity contribution in [2.75, 3.05) is 0 Å². The van der Waals surface area contributed by atoms with Gasteiger partial charge in [-0.15, -0.1) is 0 Å². The second kappa shape index (κ2) is 8.94. The van der Waals surface area contributed by atoms with E-state index in [9.17, 15) is 4.79 Å². The van der Waals surface area contributed by atoms with Gasteiger partial charge in [-0.1, -0.05) is 66.7 Å². The van der Waals surface area contributed by atoms with E-state index in [0.717, 1.165) is 44.4 Å². The molecular weight excluding hydrogens is 392 g/mol. The minimum Gasteiger partial charge on any atom is -0.299 e. The fourth-order valence-electron chi connectivity index (χ4n) is 4.01. The van der Waals surface area contributed by atoms with Crippen LogP contribution in [0.25, 0.3) is 33.3 Å². The second-order valence-electron chi connectivity index (χ2n) is 7.89. The average molecular weight is 415 g/mol. The van der Waals surface area contributed by atoms with E-state index in [-0.39, 0.29) is 5.78 Å². The third-order valence-corrected chi connectivity index (χ3v) is 5.56. The summed E-state index contributed by atoms with van der Waals surface area (Å²) in [4.78, 5) is 21.6. The molecule has 2 heterocycles. The summed E-state index contributed by atoms with van der Waals surface area (Å²) in [5.41, 5.74) is 7.19. The van der Waals surface area contributed by atoms with Gasteiger partial charge in [0.25, 0.3) is 0 Å². The number of rotatable bonds is 6. The number of fused-ring (bicyclic) bond motifs is 1. The Morgan fingerprint density at radius 3 is 2.03 bits per heavy atom. The van der Waals surface area contributed by atoms with E-state index in [1.807, 2.05) is 60.7 Å². The maximum atomic E-state index is 12.6. The Bertz CT molecular complexity index is 1360. The molecule has 0 aliphatic rings. The minimum atomic E-state index is 0.188. The van der Waals surface area contributed by atoms with E-state index in [4.69, 9.17) is 4.98 Å². The lowest BCUT2D eigenvalue weighted by molar-refractivity contribution is -0.117. The monoisotopic (exact) mass is 414 g/mol. The topological polar surface area (TPSA) is 42.9 Å². The fourth-order valence-corrected chi connectivity index (χ4v) is 4.01. The largest absolute Gasteiger partial charge is 0.299 e. The standard InChI is InChI=1S/C29H22N2O/c32-26(18-21-13-15-30-16-14-21)19-22-11-12-28-25(17-22)20-27(23-7-3-1-4-8-23)29(31-28)24-9-5-2-6-10-24/h1-17,20H,18-19H2. The molecule has 5 aromatic rings. The Labute approximate surface area is 187 Å². The Kier molecular flexibility index (Phi) is 5.54. The molecule has 0 bridgehead atoms. The second-order valence-corrected chi connectivity index (χ2v) is 7.89. The number of pyridine rings is 2. The Morgan fingerprint density at radius 1 is 0.656 bits per heavy atom. The lowest BCUT2D eigenvalue weighted by Gasteiger charge is -2.12. The highest BCUT2D eigenvalue weighted by Gasteiger charge is 2.12. The minimum absolute atomic E-state index is 0.188. The summed E-state index contributed by atoms with van der Waals surface area (Å²) < 4.78 is 0. The smallest absolute Gasteiger partial charge is 0.141 e. The van der Waals surface area contributed by atoms with Gasteiger partial charge in [0.05, 0.1) is 11.2 Å². The van der Waals surface area contributed by atoms with Gasteiger partial charge in [0.15, 0.2) is 0 Å². The van der Waals surface area contributed by atoms with E-state index in [0.29, 0.717) is 12.8 Å². The maximum absolute atomic E-state index is 12.6. The van der Waals surface area contributed by atoms with Crippen LogP contribution in [-0.4, -0.2) is 15.8 Å². The van der Waals surface area contributed by atoms with Crippen molar-refractivity contribution in [3.05, 3.63) is 121 Å². The highest BCUT2D eigenvalue weighted by molar-refractivity contribution is 5.92. The summed E-state index contributed by atoms with van der Waals surface area (Å²) in [5, 5.41) is 1.04. The van der Waals surface area contributed by atoms with Crippen molar-refractivity contribution < 1.29 is 4.79 Å². The van der Waals surface area contributed by atoms with Gasteiger partial charge >= 0.3 is 0 Å². The van der Waals surface area contributed by atoms with Gasteiger partial charge < -0.3 is 0 Å². The van der Waals surface area contributed by atoms with Gasteiger partial charge in [0.2, 0.25) is 0 Å². The summed E-state index contributed by atoms with van der Waals surface area (Å²) in [5.74, 6) is 0.188. The molecule has 0 N–H and O–H groups in total. The quantitative estimate of drug-likeness (QED) is 0.327. The van der Waals surface area contributed by atoms with Crippen LogP contribution in [0.3, 0.4) is 0 Å². The van der Waals surface area contributed by atoms with Crippen molar-refractivity contribution in [3.63, 3.8) is 0 Å². The van der Waals surface area contributed by atoms with E-state index in [1.54, 1.807) is 12.4 Å². The van der Waals surface area contributed by atoms with Gasteiger partial charge in [-0.2, -0.15) is 0 Å². The molecule has 2 aromatic heterocycles. The lowest BCUT2D eigenvalue weighted by Crippen LogP contribution is -2.06. The highest BCUT2D eigenvalue weighted by atomic mass is 16.1. The molecule has 5 rings (SSSR count). The number of nitrogens with zero attached hydrogens (tertiary/aromatic N) is 2. The van der Waals surface area contributed by atoms with E-state index in [1.165, 1.54) is 0 Å². The lowest BCUT2D eigenvalue weighted by atomic mass is 9.96. The van der Waals surface area contributed by atoms with Gasteiger partial charge in [-0.05, 0) is 47.0 Å². The normalized spacial score (nSPS) is 10.9. The Morgan fingerprint density at radius 2 is 1.31 bits per heavy atom. The molecule has 154 valence electrons. The molecule has 3 aromatic carbocycles. The molecule has 0 fully saturated rings. The number of carbonyl (C=O) groups is 1. The van der Waals surface area contributed by atoms with E-state index in [2.05, 4.69) is 41.4 Å². The van der Waals surface area contributed by atoms with Crippen LogP contribution in [0.2, 0.25) is 0 Å². The summed E-state index contributed by atoms with van der Waals surface area (Å²) in [6.07, 6.45) is 4.26. The van der Waals surface area contributed by atoms with Crippen molar-refractivity contribution in [1.82, 2.24) is 9.97 Å². The number of ketones is 1. The predicted molar refractivity (Wildman–Crippen MR) is 129 cm³/mol. The average Bonchev–Trinajstić information content (AvgIpc) is 2.85. The number of aromatic nitrogens is 2. The first-order chi connectivity index (χ1) is 15.8. The Balaban J connectivity index is 1.52. The summed E-state index contributed by atoms with van der Waals surface area (Å²) in [6.45, 7) is 0. The van der Waals surface area contributed by atoms with Crippen molar-refractivity contribution in [3.8, 4) is 22.4 Å². The number of carbonyl (C=O) groups excluding carboxylic acids is 1. The van der Waals surface area contributed by atoms with E-state index < -0.39 is 0 Å². The molecule has 0 atom stereocenters. The van der Waals surface area contributed by atoms with Gasteiger partial charge in [0.1, 0.15) is 5.78 Å². The molecule has 0 unspecified atom stereocenters. The van der Waals surface area contributed by atoms with Gasteiger partial charge in [-0.25, -0.2) is 4.98 Å². The van der Waals surface area contributed by atoms with Crippen LogP contribution in [-0.2, 0) is 17.6 Å². The molecule has 32 heavy (non-hydrogen) atoms. The fraction of sp³-hybridized carbons (Fsp3) is 0.0690. The SMILES string of the molecule is O=C(Cc1ccncc1)Cc1ccc2nc(-c3ccccc3)c(-c3ccccc3)cc2c1. The van der Waals surface area contributed by atoms with Crippen molar-refractivity contribution in [2.45, 2.75) is 12.8 Å². The molecule has 0 radical (unpaired) electrons. The molecule has 0 amide bonds. The van der Waals surface area contributed by atoms with Gasteiger partial charge in [-0.3, -0.25) is 9.78 Å². The number of Topliss-reactive ketones (excluding diaryl/α,β-unsaturated/α-hetero) is 1. The Hall–Kier alpha value is -4.11. The first kappa shape index (κ1) is 19.8. The molecule has 0 aliphatic heterocycles. The number of hydrogen-bond donors (Lipinski definition) is 0. The van der Waals surface area contributed by atoms with Crippen LogP contribution < -0.4 is 0 Å². The maximum Gasteiger partial charge on any atom is 0.141 e. The first-order valence-electron chi connectivity index (χ1n) is 10.7. The van der Waals surface area contributed by atoms with Crippen LogP contribution in [0.15, 0.2) is 109 Å². The van der Waals surface area contributed by atoms with E-state index >= 15 is 0 Å². The molecule has 0 saturated heterocycles.